The maximum atomic E-state index is 4.68. The van der Waals surface area contributed by atoms with Crippen LogP contribution in [0, 0.1) is 0 Å². The van der Waals surface area contributed by atoms with Crippen molar-refractivity contribution in [3.8, 4) is 21.7 Å². The third-order valence-electron chi connectivity index (χ3n) is 5.35. The lowest BCUT2D eigenvalue weighted by Gasteiger charge is -2.06. The zero-order valence-corrected chi connectivity index (χ0v) is 20.6. The molecular weight excluding hydrogens is 418 g/mol. The van der Waals surface area contributed by atoms with Gasteiger partial charge in [-0.3, -0.25) is 0 Å². The highest BCUT2D eigenvalue weighted by molar-refractivity contribution is 7.16. The fourth-order valence-corrected chi connectivity index (χ4v) is 4.63. The Balaban J connectivity index is 0.000000286. The number of rotatable bonds is 8. The molecule has 0 fully saturated rings. The first-order chi connectivity index (χ1) is 16.2. The molecule has 0 bridgehead atoms. The van der Waals surface area contributed by atoms with Crippen LogP contribution in [0.15, 0.2) is 92.0 Å². The van der Waals surface area contributed by atoms with Crippen LogP contribution in [0.5, 0.6) is 0 Å². The highest BCUT2D eigenvalue weighted by Crippen LogP contribution is 2.32. The summed E-state index contributed by atoms with van der Waals surface area (Å²) in [5.41, 5.74) is 7.35. The first-order valence-electron chi connectivity index (χ1n) is 11.7. The number of hydrogen-bond acceptors (Lipinski definition) is 2. The van der Waals surface area contributed by atoms with E-state index >= 15 is 0 Å². The van der Waals surface area contributed by atoms with Gasteiger partial charge >= 0.3 is 0 Å². The summed E-state index contributed by atoms with van der Waals surface area (Å²) in [7, 11) is 0. The molecule has 1 heterocycles. The number of aromatic nitrogens is 1. The quantitative estimate of drug-likeness (QED) is 0.260. The van der Waals surface area contributed by atoms with Crippen molar-refractivity contribution in [3.63, 3.8) is 0 Å². The molecule has 4 aromatic rings. The standard InChI is InChI=1S/C22H21NS.C9H12/c1-4-9-16-10-7-11-17(14-16)18-12-8-13-19(15-18)22-23-20(5-2)21(6-3)24-22;1-2-6-9-7-4-3-5-8-9/h5-8,10-15H,2-4,9H2,1H3;3-5,7-8H,2,6H2,1H3. The summed E-state index contributed by atoms with van der Waals surface area (Å²) in [5.74, 6) is 0. The lowest BCUT2D eigenvalue weighted by atomic mass is 10.00. The Morgan fingerprint density at radius 1 is 0.697 bits per heavy atom. The Kier molecular flexibility index (Phi) is 9.41. The van der Waals surface area contributed by atoms with Crippen LogP contribution in [0.2, 0.25) is 0 Å². The van der Waals surface area contributed by atoms with Gasteiger partial charge in [-0.05, 0) is 53.3 Å². The smallest absolute Gasteiger partial charge is 0.124 e. The Hall–Kier alpha value is -3.23. The van der Waals surface area contributed by atoms with E-state index < -0.39 is 0 Å². The van der Waals surface area contributed by atoms with Crippen molar-refractivity contribution in [2.45, 2.75) is 39.5 Å². The van der Waals surface area contributed by atoms with Crippen LogP contribution in [0.25, 0.3) is 33.9 Å². The minimum absolute atomic E-state index is 0.903. The molecule has 0 saturated heterocycles. The molecule has 168 valence electrons. The predicted molar refractivity (Wildman–Crippen MR) is 148 cm³/mol. The largest absolute Gasteiger partial charge is 0.236 e. The van der Waals surface area contributed by atoms with Crippen LogP contribution in [-0.4, -0.2) is 4.98 Å². The van der Waals surface area contributed by atoms with Gasteiger partial charge in [-0.1, -0.05) is 113 Å². The van der Waals surface area contributed by atoms with Gasteiger partial charge in [0, 0.05) is 5.56 Å². The van der Waals surface area contributed by atoms with Crippen LogP contribution < -0.4 is 0 Å². The number of thiazole rings is 1. The van der Waals surface area contributed by atoms with E-state index in [0.717, 1.165) is 34.0 Å². The monoisotopic (exact) mass is 451 g/mol. The predicted octanol–water partition coefficient (Wildman–Crippen LogP) is 9.35. The average molecular weight is 452 g/mol. The third-order valence-corrected chi connectivity index (χ3v) is 6.47. The van der Waals surface area contributed by atoms with E-state index in [2.05, 4.69) is 111 Å². The van der Waals surface area contributed by atoms with Gasteiger partial charge in [-0.2, -0.15) is 0 Å². The Morgan fingerprint density at radius 2 is 1.30 bits per heavy atom. The zero-order chi connectivity index (χ0) is 23.5. The molecule has 0 aliphatic rings. The van der Waals surface area contributed by atoms with Crippen LogP contribution in [-0.2, 0) is 12.8 Å². The van der Waals surface area contributed by atoms with Crippen molar-refractivity contribution in [1.29, 1.82) is 0 Å². The summed E-state index contributed by atoms with van der Waals surface area (Å²) < 4.78 is 0. The molecule has 1 nitrogen and oxygen atoms in total. The van der Waals surface area contributed by atoms with Gasteiger partial charge in [0.05, 0.1) is 10.6 Å². The van der Waals surface area contributed by atoms with Crippen LogP contribution in [0.3, 0.4) is 0 Å². The second-order valence-electron chi connectivity index (χ2n) is 7.94. The minimum Gasteiger partial charge on any atom is -0.236 e. The van der Waals surface area contributed by atoms with E-state index in [4.69, 9.17) is 0 Å². The molecule has 0 atom stereocenters. The molecule has 4 rings (SSSR count). The molecule has 0 aliphatic heterocycles. The summed E-state index contributed by atoms with van der Waals surface area (Å²) >= 11 is 1.65. The molecule has 33 heavy (non-hydrogen) atoms. The first kappa shape index (κ1) is 24.4. The fourth-order valence-electron chi connectivity index (χ4n) is 3.72. The molecule has 2 heteroatoms. The van der Waals surface area contributed by atoms with Crippen LogP contribution in [0.4, 0.5) is 0 Å². The second kappa shape index (κ2) is 12.7. The van der Waals surface area contributed by atoms with Gasteiger partial charge in [0.1, 0.15) is 5.01 Å². The van der Waals surface area contributed by atoms with E-state index in [1.54, 1.807) is 17.4 Å². The van der Waals surface area contributed by atoms with Gasteiger partial charge in [0.15, 0.2) is 0 Å². The topological polar surface area (TPSA) is 12.9 Å². The van der Waals surface area contributed by atoms with Gasteiger partial charge in [0.2, 0.25) is 0 Å². The van der Waals surface area contributed by atoms with Gasteiger partial charge in [-0.15, -0.1) is 11.3 Å². The van der Waals surface area contributed by atoms with E-state index in [1.807, 2.05) is 6.08 Å². The Morgan fingerprint density at radius 3 is 1.94 bits per heavy atom. The van der Waals surface area contributed by atoms with E-state index in [-0.39, 0.29) is 0 Å². The van der Waals surface area contributed by atoms with Crippen LogP contribution in [0.1, 0.15) is 48.4 Å². The number of nitrogens with zero attached hydrogens (tertiary/aromatic N) is 1. The molecule has 0 aliphatic carbocycles. The van der Waals surface area contributed by atoms with E-state index in [9.17, 15) is 0 Å². The number of benzene rings is 3. The SMILES string of the molecule is C=Cc1nc(-c2cccc(-c3cccc(CCC)c3)c2)sc1C=C.CCCc1ccccc1. The van der Waals surface area contributed by atoms with Crippen molar-refractivity contribution in [2.24, 2.45) is 0 Å². The molecule has 0 spiro atoms. The van der Waals surface area contributed by atoms with Crippen molar-refractivity contribution in [3.05, 3.63) is 114 Å². The lowest BCUT2D eigenvalue weighted by Crippen LogP contribution is -1.85. The normalized spacial score (nSPS) is 10.2. The van der Waals surface area contributed by atoms with Crippen LogP contribution >= 0.6 is 11.3 Å². The molecule has 3 aromatic carbocycles. The number of hydrogen-bond donors (Lipinski definition) is 0. The van der Waals surface area contributed by atoms with E-state index in [0.29, 0.717) is 0 Å². The molecule has 1 aromatic heterocycles. The van der Waals surface area contributed by atoms with Crippen molar-refractivity contribution in [2.75, 3.05) is 0 Å². The highest BCUT2D eigenvalue weighted by atomic mass is 32.1. The highest BCUT2D eigenvalue weighted by Gasteiger charge is 2.09. The minimum atomic E-state index is 0.903. The molecule has 0 amide bonds. The average Bonchev–Trinajstić information content (AvgIpc) is 3.30. The summed E-state index contributed by atoms with van der Waals surface area (Å²) in [4.78, 5) is 5.75. The van der Waals surface area contributed by atoms with E-state index in [1.165, 1.54) is 35.1 Å². The van der Waals surface area contributed by atoms with Gasteiger partial charge in [-0.25, -0.2) is 4.98 Å². The second-order valence-corrected chi connectivity index (χ2v) is 8.97. The summed E-state index contributed by atoms with van der Waals surface area (Å²) in [6, 6.07) is 27.9. The molecule has 0 N–H and O–H groups in total. The Labute approximate surface area is 203 Å². The van der Waals surface area contributed by atoms with Crippen molar-refractivity contribution < 1.29 is 0 Å². The molecular formula is C31H33NS. The third kappa shape index (κ3) is 6.87. The van der Waals surface area contributed by atoms with Gasteiger partial charge < -0.3 is 0 Å². The summed E-state index contributed by atoms with van der Waals surface area (Å²) in [5, 5.41) is 1.01. The summed E-state index contributed by atoms with van der Waals surface area (Å²) in [6.07, 6.45) is 8.36. The molecule has 0 saturated carbocycles. The Bertz CT molecular complexity index is 1150. The zero-order valence-electron chi connectivity index (χ0n) is 19.8. The summed E-state index contributed by atoms with van der Waals surface area (Å²) in [6.45, 7) is 12.1. The molecule has 0 unspecified atom stereocenters. The molecule has 0 radical (unpaired) electrons. The number of aryl methyl sites for hydroxylation is 2. The maximum absolute atomic E-state index is 4.68. The fraction of sp³-hybridized carbons (Fsp3) is 0.194. The van der Waals surface area contributed by atoms with Crippen molar-refractivity contribution in [1.82, 2.24) is 4.98 Å². The maximum Gasteiger partial charge on any atom is 0.124 e. The van der Waals surface area contributed by atoms with Crippen molar-refractivity contribution >= 4 is 23.5 Å². The first-order valence-corrected chi connectivity index (χ1v) is 12.5. The van der Waals surface area contributed by atoms with Gasteiger partial charge in [0.25, 0.3) is 0 Å². The lowest BCUT2D eigenvalue weighted by molar-refractivity contribution is 0.922.